The van der Waals surface area contributed by atoms with Gasteiger partial charge in [0, 0.05) is 29.8 Å². The number of rotatable bonds is 6. The summed E-state index contributed by atoms with van der Waals surface area (Å²) in [5, 5.41) is 5.08. The highest BCUT2D eigenvalue weighted by molar-refractivity contribution is 6.06. The monoisotopic (exact) mass is 433 g/mol. The molecule has 3 aromatic rings. The zero-order valence-corrected chi connectivity index (χ0v) is 18.6. The summed E-state index contributed by atoms with van der Waals surface area (Å²) < 4.78 is 10.7. The van der Waals surface area contributed by atoms with Crippen molar-refractivity contribution in [1.29, 1.82) is 0 Å². The number of carbonyl (C=O) groups excluding carboxylic acids is 1. The highest BCUT2D eigenvalue weighted by Gasteiger charge is 2.28. The maximum atomic E-state index is 12.9. The van der Waals surface area contributed by atoms with Crippen LogP contribution in [0.25, 0.3) is 10.9 Å². The van der Waals surface area contributed by atoms with Crippen LogP contribution in [0.1, 0.15) is 33.2 Å². The molecule has 3 N–H and O–H groups in total. The number of nitrogens with zero attached hydrogens (tertiary/aromatic N) is 2. The van der Waals surface area contributed by atoms with E-state index in [1.54, 1.807) is 26.5 Å². The minimum atomic E-state index is -0.260. The molecule has 4 rings (SSSR count). The molecule has 8 nitrogen and oxygen atoms in total. The van der Waals surface area contributed by atoms with Gasteiger partial charge in [0.2, 0.25) is 0 Å². The van der Waals surface area contributed by atoms with Crippen LogP contribution in [0.2, 0.25) is 0 Å². The van der Waals surface area contributed by atoms with Crippen molar-refractivity contribution >= 4 is 23.0 Å². The smallest absolute Gasteiger partial charge is 0.272 e. The van der Waals surface area contributed by atoms with Crippen LogP contribution >= 0.6 is 0 Å². The molecule has 8 heteroatoms. The van der Waals surface area contributed by atoms with Gasteiger partial charge >= 0.3 is 0 Å². The van der Waals surface area contributed by atoms with E-state index in [0.29, 0.717) is 23.6 Å². The van der Waals surface area contributed by atoms with Crippen LogP contribution in [0, 0.1) is 19.8 Å². The Kier molecular flexibility index (Phi) is 6.34. The molecule has 1 amide bonds. The molecule has 0 radical (unpaired) electrons. The topological polar surface area (TPSA) is 96.9 Å². The molecule has 2 aromatic carbocycles. The maximum Gasteiger partial charge on any atom is 0.272 e. The van der Waals surface area contributed by atoms with Crippen LogP contribution in [-0.2, 0) is 0 Å². The Hall–Kier alpha value is -3.49. The van der Waals surface area contributed by atoms with E-state index in [9.17, 15) is 4.79 Å². The number of amides is 1. The average molecular weight is 434 g/mol. The minimum absolute atomic E-state index is 0.0258. The van der Waals surface area contributed by atoms with E-state index in [-0.39, 0.29) is 17.9 Å². The number of benzene rings is 2. The van der Waals surface area contributed by atoms with Gasteiger partial charge in [0.05, 0.1) is 31.3 Å². The lowest BCUT2D eigenvalue weighted by Crippen LogP contribution is -2.25. The van der Waals surface area contributed by atoms with Crippen LogP contribution in [0.5, 0.6) is 11.5 Å². The Labute approximate surface area is 187 Å². The number of hydrazone groups is 1. The van der Waals surface area contributed by atoms with E-state index in [2.05, 4.69) is 26.4 Å². The molecule has 1 aliphatic rings. The summed E-state index contributed by atoms with van der Waals surface area (Å²) in [5.41, 5.74) is 13.3. The zero-order valence-electron chi connectivity index (χ0n) is 18.6. The maximum absolute atomic E-state index is 12.9. The first kappa shape index (κ1) is 21.7. The van der Waals surface area contributed by atoms with E-state index in [4.69, 9.17) is 9.47 Å². The normalized spacial score (nSPS) is 18.2. The second kappa shape index (κ2) is 9.33. The number of aryl methyl sites for hydroxylation is 2. The first-order valence-corrected chi connectivity index (χ1v) is 10.4. The fourth-order valence-corrected chi connectivity index (χ4v) is 3.99. The van der Waals surface area contributed by atoms with Crippen LogP contribution in [0.4, 0.5) is 0 Å². The Morgan fingerprint density at radius 1 is 1.16 bits per heavy atom. The largest absolute Gasteiger partial charge is 0.493 e. The van der Waals surface area contributed by atoms with Crippen molar-refractivity contribution in [1.82, 2.24) is 21.3 Å². The number of hydrazine groups is 1. The number of fused-ring (bicyclic) bond motifs is 1. The lowest BCUT2D eigenvalue weighted by molar-refractivity contribution is 0.0956. The molecule has 166 valence electrons. The summed E-state index contributed by atoms with van der Waals surface area (Å²) in [6.45, 7) is 4.55. The third-order valence-electron chi connectivity index (χ3n) is 5.64. The summed E-state index contributed by atoms with van der Waals surface area (Å²) in [6.07, 6.45) is 1.76. The molecule has 2 heterocycles. The standard InChI is InChI=1S/C24H27N5O3/c1-14-6-5-7-18-19(10-15(2)27-22(14)18)24(30)29-26-13-17-12-25-28-23(17)16-8-9-20(31-3)21(11-16)32-4/h5-11,13,17,23,25,28H,12H2,1-4H3,(H,29,30)/b26-13+. The van der Waals surface area contributed by atoms with Gasteiger partial charge in [-0.1, -0.05) is 24.3 Å². The third-order valence-corrected chi connectivity index (χ3v) is 5.64. The molecule has 0 aliphatic carbocycles. The fourth-order valence-electron chi connectivity index (χ4n) is 3.99. The molecule has 1 fully saturated rings. The lowest BCUT2D eigenvalue weighted by Gasteiger charge is -2.17. The molecule has 1 aromatic heterocycles. The highest BCUT2D eigenvalue weighted by atomic mass is 16.5. The Bertz CT molecular complexity index is 1180. The van der Waals surface area contributed by atoms with Crippen molar-refractivity contribution in [3.05, 3.63) is 64.8 Å². The molecule has 0 spiro atoms. The summed E-state index contributed by atoms with van der Waals surface area (Å²) in [7, 11) is 3.22. The summed E-state index contributed by atoms with van der Waals surface area (Å²) in [6, 6.07) is 13.4. The number of hydrogen-bond donors (Lipinski definition) is 3. The number of ether oxygens (including phenoxy) is 2. The Morgan fingerprint density at radius 3 is 2.75 bits per heavy atom. The first-order valence-electron chi connectivity index (χ1n) is 10.4. The number of pyridine rings is 1. The minimum Gasteiger partial charge on any atom is -0.493 e. The molecule has 0 bridgehead atoms. The molecular formula is C24H27N5O3. The molecule has 2 unspecified atom stereocenters. The molecule has 2 atom stereocenters. The second-order valence-corrected chi connectivity index (χ2v) is 7.78. The Balaban J connectivity index is 1.51. The SMILES string of the molecule is COc1ccc(C2NNCC2/C=N/NC(=O)c2cc(C)nc3c(C)cccc23)cc1OC. The van der Waals surface area contributed by atoms with Gasteiger partial charge in [-0.2, -0.15) is 5.10 Å². The molecule has 1 aliphatic heterocycles. The molecule has 1 saturated heterocycles. The van der Waals surface area contributed by atoms with Crippen molar-refractivity contribution < 1.29 is 14.3 Å². The zero-order chi connectivity index (χ0) is 22.7. The first-order chi connectivity index (χ1) is 15.5. The number of nitrogens with one attached hydrogen (secondary N) is 3. The van der Waals surface area contributed by atoms with E-state index in [1.807, 2.05) is 50.2 Å². The number of para-hydroxylation sites is 1. The van der Waals surface area contributed by atoms with Gasteiger partial charge in [0.25, 0.3) is 5.91 Å². The van der Waals surface area contributed by atoms with Crippen molar-refractivity contribution in [3.8, 4) is 11.5 Å². The van der Waals surface area contributed by atoms with Gasteiger partial charge < -0.3 is 9.47 Å². The van der Waals surface area contributed by atoms with Crippen molar-refractivity contribution in [2.24, 2.45) is 11.0 Å². The van der Waals surface area contributed by atoms with Gasteiger partial charge in [-0.05, 0) is 43.2 Å². The van der Waals surface area contributed by atoms with Crippen LogP contribution in [-0.4, -0.2) is 37.9 Å². The summed E-state index contributed by atoms with van der Waals surface area (Å²) >= 11 is 0. The number of hydrogen-bond acceptors (Lipinski definition) is 7. The predicted molar refractivity (Wildman–Crippen MR) is 124 cm³/mol. The highest BCUT2D eigenvalue weighted by Crippen LogP contribution is 2.32. The molecular weight excluding hydrogens is 406 g/mol. The molecule has 32 heavy (non-hydrogen) atoms. The summed E-state index contributed by atoms with van der Waals surface area (Å²) in [5.74, 6) is 1.11. The van der Waals surface area contributed by atoms with Crippen molar-refractivity contribution in [2.45, 2.75) is 19.9 Å². The van der Waals surface area contributed by atoms with E-state index in [1.165, 1.54) is 0 Å². The van der Waals surface area contributed by atoms with Gasteiger partial charge in [0.15, 0.2) is 11.5 Å². The van der Waals surface area contributed by atoms with E-state index < -0.39 is 0 Å². The quantitative estimate of drug-likeness (QED) is 0.408. The summed E-state index contributed by atoms with van der Waals surface area (Å²) in [4.78, 5) is 17.5. The fraction of sp³-hybridized carbons (Fsp3) is 0.292. The lowest BCUT2D eigenvalue weighted by atomic mass is 9.95. The van der Waals surface area contributed by atoms with Gasteiger partial charge in [0.1, 0.15) is 0 Å². The van der Waals surface area contributed by atoms with Crippen LogP contribution in [0.15, 0.2) is 47.6 Å². The number of methoxy groups -OCH3 is 2. The Morgan fingerprint density at radius 2 is 1.97 bits per heavy atom. The van der Waals surface area contributed by atoms with E-state index in [0.717, 1.165) is 27.7 Å². The van der Waals surface area contributed by atoms with E-state index >= 15 is 0 Å². The van der Waals surface area contributed by atoms with Gasteiger partial charge in [-0.15, -0.1) is 0 Å². The molecule has 0 saturated carbocycles. The third kappa shape index (κ3) is 4.28. The predicted octanol–water partition coefficient (Wildman–Crippen LogP) is 3.05. The van der Waals surface area contributed by atoms with Crippen molar-refractivity contribution in [3.63, 3.8) is 0 Å². The van der Waals surface area contributed by atoms with Gasteiger partial charge in [-0.25, -0.2) is 10.9 Å². The number of carbonyl (C=O) groups is 1. The van der Waals surface area contributed by atoms with Crippen LogP contribution < -0.4 is 25.8 Å². The number of aromatic nitrogens is 1. The second-order valence-electron chi connectivity index (χ2n) is 7.78. The van der Waals surface area contributed by atoms with Crippen molar-refractivity contribution in [2.75, 3.05) is 20.8 Å². The van der Waals surface area contributed by atoms with Crippen LogP contribution in [0.3, 0.4) is 0 Å². The average Bonchev–Trinajstić information content (AvgIpc) is 3.27. The van der Waals surface area contributed by atoms with Gasteiger partial charge in [-0.3, -0.25) is 15.2 Å².